The molecule has 4 nitrogen and oxygen atoms in total. The molecule has 0 bridgehead atoms. The monoisotopic (exact) mass is 236 g/mol. The lowest BCUT2D eigenvalue weighted by atomic mass is 10.3. The number of rotatable bonds is 5. The fourth-order valence-corrected chi connectivity index (χ4v) is 2.46. The molecule has 1 fully saturated rings. The maximum absolute atomic E-state index is 4.68. The molecule has 0 amide bonds. The molecule has 17 heavy (non-hydrogen) atoms. The largest absolute Gasteiger partial charge is 0.341 e. The molecule has 1 atom stereocenters. The minimum atomic E-state index is 0.617. The molecule has 2 heterocycles. The van der Waals surface area contributed by atoms with Gasteiger partial charge in [-0.2, -0.15) is 0 Å². The number of aryl methyl sites for hydroxylation is 2. The standard InChI is InChI=1S/C13H24N4/c1-4-5-7-16-9-11(2)15-13(16)17-8-6-12(10-17)14-3/h9,12,14H,4-8,10H2,1-3H3. The molecule has 1 unspecified atom stereocenters. The highest BCUT2D eigenvalue weighted by molar-refractivity contribution is 5.35. The maximum Gasteiger partial charge on any atom is 0.205 e. The van der Waals surface area contributed by atoms with Gasteiger partial charge in [0, 0.05) is 31.9 Å². The number of imidazole rings is 1. The molecule has 0 radical (unpaired) electrons. The van der Waals surface area contributed by atoms with Crippen LogP contribution in [0.4, 0.5) is 5.95 Å². The molecule has 0 aromatic carbocycles. The summed E-state index contributed by atoms with van der Waals surface area (Å²) in [6.07, 6.45) is 5.86. The lowest BCUT2D eigenvalue weighted by Gasteiger charge is -2.19. The number of hydrogen-bond donors (Lipinski definition) is 1. The summed E-state index contributed by atoms with van der Waals surface area (Å²) in [5.74, 6) is 1.16. The number of likely N-dealkylation sites (N-methyl/N-ethyl adjacent to an activating group) is 1. The molecule has 0 saturated carbocycles. The first-order valence-corrected chi connectivity index (χ1v) is 6.70. The SMILES string of the molecule is CCCCn1cc(C)nc1N1CCC(NC)C1. The van der Waals surface area contributed by atoms with Crippen molar-refractivity contribution < 1.29 is 0 Å². The maximum atomic E-state index is 4.68. The Hall–Kier alpha value is -1.03. The van der Waals surface area contributed by atoms with Crippen LogP contribution in [0.3, 0.4) is 0 Å². The van der Waals surface area contributed by atoms with Gasteiger partial charge in [-0.3, -0.25) is 0 Å². The smallest absolute Gasteiger partial charge is 0.205 e. The third kappa shape index (κ3) is 2.80. The number of nitrogens with zero attached hydrogens (tertiary/aromatic N) is 3. The number of anilines is 1. The van der Waals surface area contributed by atoms with Gasteiger partial charge in [0.1, 0.15) is 0 Å². The predicted octanol–water partition coefficient (Wildman–Crippen LogP) is 1.79. The summed E-state index contributed by atoms with van der Waals surface area (Å²) in [6.45, 7) is 7.61. The molecule has 96 valence electrons. The van der Waals surface area contributed by atoms with E-state index in [1.165, 1.54) is 19.3 Å². The van der Waals surface area contributed by atoms with Crippen molar-refractivity contribution in [3.63, 3.8) is 0 Å². The van der Waals surface area contributed by atoms with Crippen molar-refractivity contribution in [3.8, 4) is 0 Å². The Morgan fingerprint density at radius 1 is 1.53 bits per heavy atom. The van der Waals surface area contributed by atoms with Gasteiger partial charge >= 0.3 is 0 Å². The van der Waals surface area contributed by atoms with Crippen LogP contribution < -0.4 is 10.2 Å². The summed E-state index contributed by atoms with van der Waals surface area (Å²) >= 11 is 0. The molecular weight excluding hydrogens is 212 g/mol. The Balaban J connectivity index is 2.09. The first-order chi connectivity index (χ1) is 8.24. The molecule has 1 N–H and O–H groups in total. The van der Waals surface area contributed by atoms with Crippen molar-refractivity contribution in [3.05, 3.63) is 11.9 Å². The highest BCUT2D eigenvalue weighted by atomic mass is 15.3. The van der Waals surface area contributed by atoms with Gasteiger partial charge in [0.15, 0.2) is 0 Å². The number of nitrogens with one attached hydrogen (secondary N) is 1. The highest BCUT2D eigenvalue weighted by Crippen LogP contribution is 2.20. The summed E-state index contributed by atoms with van der Waals surface area (Å²) in [5.41, 5.74) is 1.13. The third-order valence-corrected chi connectivity index (χ3v) is 3.51. The molecule has 2 rings (SSSR count). The Labute approximate surface area is 104 Å². The zero-order valence-corrected chi connectivity index (χ0v) is 11.2. The van der Waals surface area contributed by atoms with Gasteiger partial charge in [0.05, 0.1) is 5.69 Å². The van der Waals surface area contributed by atoms with Crippen molar-refractivity contribution >= 4 is 5.95 Å². The summed E-state index contributed by atoms with van der Waals surface area (Å²) in [5, 5.41) is 3.35. The summed E-state index contributed by atoms with van der Waals surface area (Å²) in [7, 11) is 2.04. The molecular formula is C13H24N4. The first-order valence-electron chi connectivity index (χ1n) is 6.70. The van der Waals surface area contributed by atoms with Gasteiger partial charge in [-0.25, -0.2) is 4.98 Å². The molecule has 1 aromatic rings. The van der Waals surface area contributed by atoms with E-state index in [1.807, 2.05) is 7.05 Å². The lowest BCUT2D eigenvalue weighted by Crippen LogP contribution is -2.30. The Morgan fingerprint density at radius 2 is 2.35 bits per heavy atom. The van der Waals surface area contributed by atoms with Crippen LogP contribution in [0.5, 0.6) is 0 Å². The van der Waals surface area contributed by atoms with Crippen LogP contribution in [0.1, 0.15) is 31.9 Å². The van der Waals surface area contributed by atoms with E-state index in [2.05, 4.69) is 39.8 Å². The lowest BCUT2D eigenvalue weighted by molar-refractivity contribution is 0.606. The Morgan fingerprint density at radius 3 is 3.00 bits per heavy atom. The quantitative estimate of drug-likeness (QED) is 0.846. The molecule has 1 saturated heterocycles. The topological polar surface area (TPSA) is 33.1 Å². The second kappa shape index (κ2) is 5.54. The molecule has 0 aliphatic carbocycles. The minimum Gasteiger partial charge on any atom is -0.341 e. The van der Waals surface area contributed by atoms with Crippen LogP contribution in [-0.4, -0.2) is 35.7 Å². The normalized spacial score (nSPS) is 20.2. The van der Waals surface area contributed by atoms with Gasteiger partial charge in [0.25, 0.3) is 0 Å². The average molecular weight is 236 g/mol. The van der Waals surface area contributed by atoms with E-state index < -0.39 is 0 Å². The van der Waals surface area contributed by atoms with Gasteiger partial charge in [-0.15, -0.1) is 0 Å². The Bertz CT molecular complexity index is 358. The molecule has 1 aromatic heterocycles. The van der Waals surface area contributed by atoms with Crippen molar-refractivity contribution in [1.29, 1.82) is 0 Å². The van der Waals surface area contributed by atoms with E-state index in [4.69, 9.17) is 0 Å². The van der Waals surface area contributed by atoms with Crippen molar-refractivity contribution in [2.45, 2.75) is 45.7 Å². The summed E-state index contributed by atoms with van der Waals surface area (Å²) in [4.78, 5) is 7.08. The fourth-order valence-electron chi connectivity index (χ4n) is 2.46. The summed E-state index contributed by atoms with van der Waals surface area (Å²) in [6, 6.07) is 0.617. The Kier molecular flexibility index (Phi) is 4.05. The van der Waals surface area contributed by atoms with Crippen LogP contribution in [0.2, 0.25) is 0 Å². The molecule has 1 aliphatic rings. The molecule has 0 spiro atoms. The third-order valence-electron chi connectivity index (χ3n) is 3.51. The van der Waals surface area contributed by atoms with Gasteiger partial charge in [-0.05, 0) is 26.8 Å². The van der Waals surface area contributed by atoms with E-state index in [0.29, 0.717) is 6.04 Å². The average Bonchev–Trinajstić information content (AvgIpc) is 2.92. The fraction of sp³-hybridized carbons (Fsp3) is 0.769. The number of hydrogen-bond acceptors (Lipinski definition) is 3. The molecule has 1 aliphatic heterocycles. The van der Waals surface area contributed by atoms with Crippen LogP contribution in [-0.2, 0) is 6.54 Å². The molecule has 4 heteroatoms. The van der Waals surface area contributed by atoms with Gasteiger partial charge in [-0.1, -0.05) is 13.3 Å². The van der Waals surface area contributed by atoms with Crippen LogP contribution in [0, 0.1) is 6.92 Å². The van der Waals surface area contributed by atoms with E-state index in [1.54, 1.807) is 0 Å². The highest BCUT2D eigenvalue weighted by Gasteiger charge is 2.24. The van der Waals surface area contributed by atoms with Crippen LogP contribution in [0.25, 0.3) is 0 Å². The second-order valence-electron chi connectivity index (χ2n) is 4.95. The second-order valence-corrected chi connectivity index (χ2v) is 4.95. The summed E-state index contributed by atoms with van der Waals surface area (Å²) < 4.78 is 2.32. The van der Waals surface area contributed by atoms with Gasteiger partial charge in [0.2, 0.25) is 5.95 Å². The number of aromatic nitrogens is 2. The van der Waals surface area contributed by atoms with Crippen molar-refractivity contribution in [1.82, 2.24) is 14.9 Å². The van der Waals surface area contributed by atoms with E-state index >= 15 is 0 Å². The first kappa shape index (κ1) is 12.4. The van der Waals surface area contributed by atoms with E-state index in [-0.39, 0.29) is 0 Å². The van der Waals surface area contributed by atoms with Crippen LogP contribution in [0.15, 0.2) is 6.20 Å². The van der Waals surface area contributed by atoms with E-state index in [0.717, 1.165) is 31.3 Å². The van der Waals surface area contributed by atoms with Crippen molar-refractivity contribution in [2.75, 3.05) is 25.0 Å². The zero-order valence-electron chi connectivity index (χ0n) is 11.2. The van der Waals surface area contributed by atoms with Crippen molar-refractivity contribution in [2.24, 2.45) is 0 Å². The van der Waals surface area contributed by atoms with Crippen LogP contribution >= 0.6 is 0 Å². The van der Waals surface area contributed by atoms with Gasteiger partial charge < -0.3 is 14.8 Å². The van der Waals surface area contributed by atoms with E-state index in [9.17, 15) is 0 Å². The predicted molar refractivity (Wildman–Crippen MR) is 71.5 cm³/mol. The zero-order chi connectivity index (χ0) is 12.3. The number of unbranched alkanes of at least 4 members (excludes halogenated alkanes) is 1. The minimum absolute atomic E-state index is 0.617.